The van der Waals surface area contributed by atoms with Crippen LogP contribution in [0.25, 0.3) is 12.2 Å². The molecule has 0 fully saturated rings. The van der Waals surface area contributed by atoms with E-state index >= 15 is 0 Å². The number of rotatable bonds is 10. The molecule has 0 aliphatic rings. The Morgan fingerprint density at radius 1 is 0.862 bits per heavy atom. The molecule has 4 heteroatoms. The first-order valence-corrected chi connectivity index (χ1v) is 10.2. The molecule has 2 rings (SSSR count). The SMILES string of the molecule is COC(C)(CCCCCC(C)(C)O)c1cccc(C=Cc2c(O)cccc2O)c1. The lowest BCUT2D eigenvalue weighted by Crippen LogP contribution is -2.24. The zero-order valence-electron chi connectivity index (χ0n) is 18.0. The standard InChI is InChI=1S/C25H34O4/c1-24(2,28)16-6-5-7-17-25(3,29-4)20-11-8-10-19(18-20)14-15-21-22(26)12-9-13-23(21)27/h8-15,18,26-28H,5-7,16-17H2,1-4H3. The van der Waals surface area contributed by atoms with Crippen molar-refractivity contribution in [1.29, 1.82) is 0 Å². The molecule has 0 saturated carbocycles. The number of hydrogen-bond acceptors (Lipinski definition) is 4. The maximum absolute atomic E-state index is 9.94. The van der Waals surface area contributed by atoms with Crippen LogP contribution in [0.2, 0.25) is 0 Å². The maximum Gasteiger partial charge on any atom is 0.126 e. The lowest BCUT2D eigenvalue weighted by Gasteiger charge is -2.29. The lowest BCUT2D eigenvalue weighted by molar-refractivity contribution is -0.00804. The highest BCUT2D eigenvalue weighted by Gasteiger charge is 2.25. The average Bonchev–Trinajstić information content (AvgIpc) is 2.66. The topological polar surface area (TPSA) is 69.9 Å². The summed E-state index contributed by atoms with van der Waals surface area (Å²) < 4.78 is 5.87. The van der Waals surface area contributed by atoms with Crippen LogP contribution >= 0.6 is 0 Å². The molecule has 0 radical (unpaired) electrons. The highest BCUT2D eigenvalue weighted by molar-refractivity contribution is 5.75. The molecule has 0 spiro atoms. The molecule has 0 heterocycles. The smallest absolute Gasteiger partial charge is 0.126 e. The number of phenolic OH excluding ortho intramolecular Hbond substituents is 2. The number of aromatic hydroxyl groups is 2. The summed E-state index contributed by atoms with van der Waals surface area (Å²) in [6.07, 6.45) is 8.35. The van der Waals surface area contributed by atoms with Crippen molar-refractivity contribution in [2.75, 3.05) is 7.11 Å². The Hall–Kier alpha value is -2.30. The first kappa shape index (κ1) is 23.0. The Kier molecular flexibility index (Phi) is 7.88. The van der Waals surface area contributed by atoms with E-state index in [9.17, 15) is 15.3 Å². The van der Waals surface area contributed by atoms with Crippen molar-refractivity contribution in [1.82, 2.24) is 0 Å². The van der Waals surface area contributed by atoms with E-state index in [-0.39, 0.29) is 11.5 Å². The van der Waals surface area contributed by atoms with Gasteiger partial charge in [-0.2, -0.15) is 0 Å². The second-order valence-corrected chi connectivity index (χ2v) is 8.48. The summed E-state index contributed by atoms with van der Waals surface area (Å²) in [6.45, 7) is 5.79. The summed E-state index contributed by atoms with van der Waals surface area (Å²) in [4.78, 5) is 0. The Morgan fingerprint density at radius 3 is 2.10 bits per heavy atom. The summed E-state index contributed by atoms with van der Waals surface area (Å²) in [5.74, 6) is 0.0929. The van der Waals surface area contributed by atoms with E-state index in [1.165, 1.54) is 0 Å². The molecule has 1 unspecified atom stereocenters. The Bertz CT molecular complexity index is 800. The van der Waals surface area contributed by atoms with Crippen molar-refractivity contribution in [2.24, 2.45) is 0 Å². The van der Waals surface area contributed by atoms with Crippen molar-refractivity contribution >= 4 is 12.2 Å². The third kappa shape index (κ3) is 6.91. The van der Waals surface area contributed by atoms with Gasteiger partial charge in [-0.25, -0.2) is 0 Å². The van der Waals surface area contributed by atoms with Crippen LogP contribution in [0.1, 0.15) is 69.6 Å². The normalized spacial score (nSPS) is 14.2. The fourth-order valence-electron chi connectivity index (χ4n) is 3.42. The molecule has 0 aromatic heterocycles. The van der Waals surface area contributed by atoms with Gasteiger partial charge in [0, 0.05) is 7.11 Å². The number of phenols is 2. The van der Waals surface area contributed by atoms with Crippen molar-refractivity contribution in [2.45, 2.75) is 64.1 Å². The van der Waals surface area contributed by atoms with Gasteiger partial charge in [0.1, 0.15) is 11.5 Å². The van der Waals surface area contributed by atoms with Crippen LogP contribution < -0.4 is 0 Å². The first-order valence-electron chi connectivity index (χ1n) is 10.2. The molecule has 0 aliphatic heterocycles. The molecule has 2 aromatic rings. The zero-order chi connectivity index (χ0) is 21.5. The molecule has 0 saturated heterocycles. The minimum atomic E-state index is -0.604. The molecule has 0 amide bonds. The van der Waals surface area contributed by atoms with E-state index in [0.717, 1.165) is 43.2 Å². The van der Waals surface area contributed by atoms with E-state index in [1.54, 1.807) is 31.4 Å². The van der Waals surface area contributed by atoms with E-state index in [0.29, 0.717) is 5.56 Å². The van der Waals surface area contributed by atoms with Crippen molar-refractivity contribution in [3.8, 4) is 11.5 Å². The number of hydrogen-bond donors (Lipinski definition) is 3. The molecule has 2 aromatic carbocycles. The Morgan fingerprint density at radius 2 is 1.48 bits per heavy atom. The first-order chi connectivity index (χ1) is 13.6. The van der Waals surface area contributed by atoms with Gasteiger partial charge in [0.25, 0.3) is 0 Å². The summed E-state index contributed by atoms with van der Waals surface area (Å²) in [7, 11) is 1.74. The Labute approximate surface area is 174 Å². The molecule has 29 heavy (non-hydrogen) atoms. The maximum atomic E-state index is 9.94. The van der Waals surface area contributed by atoms with Crippen LogP contribution in [0.4, 0.5) is 0 Å². The van der Waals surface area contributed by atoms with Crippen LogP contribution in [0, 0.1) is 0 Å². The highest BCUT2D eigenvalue weighted by atomic mass is 16.5. The van der Waals surface area contributed by atoms with Gasteiger partial charge in [0.15, 0.2) is 0 Å². The van der Waals surface area contributed by atoms with Crippen LogP contribution in [0.3, 0.4) is 0 Å². The predicted molar refractivity (Wildman–Crippen MR) is 119 cm³/mol. The molecule has 158 valence electrons. The van der Waals surface area contributed by atoms with Crippen molar-refractivity contribution < 1.29 is 20.1 Å². The predicted octanol–water partition coefficient (Wildman–Crippen LogP) is 5.85. The molecule has 4 nitrogen and oxygen atoms in total. The van der Waals surface area contributed by atoms with Gasteiger partial charge in [-0.1, -0.05) is 49.6 Å². The monoisotopic (exact) mass is 398 g/mol. The van der Waals surface area contributed by atoms with Crippen LogP contribution in [-0.4, -0.2) is 28.0 Å². The number of unbranched alkanes of at least 4 members (excludes halogenated alkanes) is 2. The van der Waals surface area contributed by atoms with E-state index in [1.807, 2.05) is 32.1 Å². The average molecular weight is 399 g/mol. The lowest BCUT2D eigenvalue weighted by atomic mass is 9.88. The molecule has 0 aliphatic carbocycles. The number of aliphatic hydroxyl groups is 1. The summed E-state index contributed by atoms with van der Waals surface area (Å²) in [5.41, 5.74) is 1.46. The number of ether oxygens (including phenoxy) is 1. The molecule has 3 N–H and O–H groups in total. The van der Waals surface area contributed by atoms with Gasteiger partial charge in [0.2, 0.25) is 0 Å². The second-order valence-electron chi connectivity index (χ2n) is 8.48. The van der Waals surface area contributed by atoms with Crippen LogP contribution in [0.5, 0.6) is 11.5 Å². The largest absolute Gasteiger partial charge is 0.507 e. The number of methoxy groups -OCH3 is 1. The summed E-state index contributed by atoms with van der Waals surface area (Å²) in [5, 5.41) is 29.7. The fraction of sp³-hybridized carbons (Fsp3) is 0.440. The van der Waals surface area contributed by atoms with Gasteiger partial charge >= 0.3 is 0 Å². The molecule has 0 bridgehead atoms. The molecular weight excluding hydrogens is 364 g/mol. The van der Waals surface area contributed by atoms with E-state index in [4.69, 9.17) is 4.74 Å². The summed E-state index contributed by atoms with van der Waals surface area (Å²) >= 11 is 0. The van der Waals surface area contributed by atoms with Gasteiger partial charge in [0.05, 0.1) is 16.8 Å². The molecule has 1 atom stereocenters. The van der Waals surface area contributed by atoms with Gasteiger partial charge < -0.3 is 20.1 Å². The van der Waals surface area contributed by atoms with Gasteiger partial charge in [-0.05, 0) is 69.0 Å². The van der Waals surface area contributed by atoms with E-state index in [2.05, 4.69) is 19.1 Å². The fourth-order valence-corrected chi connectivity index (χ4v) is 3.42. The number of benzene rings is 2. The van der Waals surface area contributed by atoms with E-state index < -0.39 is 11.2 Å². The highest BCUT2D eigenvalue weighted by Crippen LogP contribution is 2.33. The zero-order valence-corrected chi connectivity index (χ0v) is 18.0. The van der Waals surface area contributed by atoms with Crippen molar-refractivity contribution in [3.63, 3.8) is 0 Å². The minimum Gasteiger partial charge on any atom is -0.507 e. The minimum absolute atomic E-state index is 0.0465. The van der Waals surface area contributed by atoms with Crippen LogP contribution in [0.15, 0.2) is 42.5 Å². The quantitative estimate of drug-likeness (QED) is 0.347. The third-order valence-corrected chi connectivity index (χ3v) is 5.39. The summed E-state index contributed by atoms with van der Waals surface area (Å²) in [6, 6.07) is 12.8. The van der Waals surface area contributed by atoms with Crippen molar-refractivity contribution in [3.05, 3.63) is 59.2 Å². The third-order valence-electron chi connectivity index (χ3n) is 5.39. The molecular formula is C25H34O4. The second kappa shape index (κ2) is 9.95. The Balaban J connectivity index is 2.08. The van der Waals surface area contributed by atoms with Gasteiger partial charge in [-0.15, -0.1) is 0 Å². The van der Waals surface area contributed by atoms with Crippen LogP contribution in [-0.2, 0) is 10.3 Å². The van der Waals surface area contributed by atoms with Gasteiger partial charge in [-0.3, -0.25) is 0 Å².